The van der Waals surface area contributed by atoms with Gasteiger partial charge in [-0.25, -0.2) is 8.42 Å². The normalized spacial score (nSPS) is 22.3. The van der Waals surface area contributed by atoms with Crippen molar-refractivity contribution in [2.75, 3.05) is 36.4 Å². The number of carbonyl (C=O) groups is 1. The van der Waals surface area contributed by atoms with Gasteiger partial charge < -0.3 is 25.6 Å². The fourth-order valence-corrected chi connectivity index (χ4v) is 5.55. The summed E-state index contributed by atoms with van der Waals surface area (Å²) in [6.45, 7) is 3.55. The number of hydrogen-bond acceptors (Lipinski definition) is 8. The summed E-state index contributed by atoms with van der Waals surface area (Å²) < 4.78 is 32.5. The molecule has 1 amide bonds. The summed E-state index contributed by atoms with van der Waals surface area (Å²) in [5.74, 6) is -0.472. The number of fused-ring (bicyclic) bond motifs is 1. The molecule has 5 rings (SSSR count). The van der Waals surface area contributed by atoms with Crippen LogP contribution in [0.2, 0.25) is 0 Å². The van der Waals surface area contributed by atoms with Crippen molar-refractivity contribution in [1.29, 1.82) is 0 Å². The van der Waals surface area contributed by atoms with E-state index in [4.69, 9.17) is 4.74 Å². The molecule has 31 heavy (non-hydrogen) atoms. The van der Waals surface area contributed by atoms with E-state index in [1.54, 1.807) is 36.7 Å². The highest BCUT2D eigenvalue weighted by Gasteiger charge is 2.42. The number of nitrogens with zero attached hydrogens (tertiary/aromatic N) is 3. The van der Waals surface area contributed by atoms with Gasteiger partial charge in [0.25, 0.3) is 5.91 Å². The van der Waals surface area contributed by atoms with Crippen LogP contribution in [0.3, 0.4) is 0 Å². The topological polar surface area (TPSA) is 116 Å². The largest absolute Gasteiger partial charge is 0.449 e. The Kier molecular flexibility index (Phi) is 5.00. The average Bonchev–Trinajstić information content (AvgIpc) is 3.38. The zero-order chi connectivity index (χ0) is 21.4. The van der Waals surface area contributed by atoms with Gasteiger partial charge in [0.15, 0.2) is 0 Å². The first-order valence-electron chi connectivity index (χ1n) is 9.98. The molecule has 3 aliphatic heterocycles. The minimum absolute atomic E-state index is 0.00581. The molecule has 162 valence electrons. The Hall–Kier alpha value is -3.15. The zero-order valence-electron chi connectivity index (χ0n) is 16.6. The van der Waals surface area contributed by atoms with Crippen molar-refractivity contribution < 1.29 is 17.9 Å². The van der Waals surface area contributed by atoms with Crippen molar-refractivity contribution in [3.05, 3.63) is 60.2 Å². The van der Waals surface area contributed by atoms with Gasteiger partial charge in [0, 0.05) is 45.1 Å². The van der Waals surface area contributed by atoms with Gasteiger partial charge >= 0.3 is 0 Å². The standard InChI is InChI=1S/C20H22N6O4S/c27-19(24-15-11-22-6-5-16(15)25-9-7-21-8-10-25)17-12-23-20(30-17)26-13-14-3-1-2-4-18(14)31(26,28)29/h1-6,11-12,20-21,23H,7-10,13H2,(H,24,27). The molecule has 1 fully saturated rings. The molecule has 0 spiro atoms. The number of ether oxygens (including phenoxy) is 1. The molecule has 3 aliphatic rings. The van der Waals surface area contributed by atoms with E-state index in [2.05, 4.69) is 25.8 Å². The Balaban J connectivity index is 1.28. The minimum Gasteiger partial charge on any atom is -0.449 e. The Bertz CT molecular complexity index is 1150. The monoisotopic (exact) mass is 442 g/mol. The van der Waals surface area contributed by atoms with Crippen LogP contribution in [0.1, 0.15) is 5.56 Å². The molecule has 1 aromatic carbocycles. The van der Waals surface area contributed by atoms with E-state index in [9.17, 15) is 13.2 Å². The summed E-state index contributed by atoms with van der Waals surface area (Å²) in [5.41, 5.74) is 2.15. The van der Waals surface area contributed by atoms with Gasteiger partial charge in [0.05, 0.1) is 22.5 Å². The van der Waals surface area contributed by atoms with Gasteiger partial charge in [-0.2, -0.15) is 0 Å². The van der Waals surface area contributed by atoms with E-state index in [0.717, 1.165) is 31.9 Å². The number of benzene rings is 1. The molecule has 1 saturated heterocycles. The molecular weight excluding hydrogens is 420 g/mol. The van der Waals surface area contributed by atoms with Crippen LogP contribution in [0.5, 0.6) is 0 Å². The predicted octanol–water partition coefficient (Wildman–Crippen LogP) is 0.379. The van der Waals surface area contributed by atoms with Gasteiger partial charge in [-0.15, -0.1) is 4.31 Å². The summed E-state index contributed by atoms with van der Waals surface area (Å²) in [4.78, 5) is 19.4. The van der Waals surface area contributed by atoms with E-state index in [0.29, 0.717) is 11.3 Å². The fraction of sp³-hybridized carbons (Fsp3) is 0.300. The number of piperazine rings is 1. The third kappa shape index (κ3) is 3.60. The zero-order valence-corrected chi connectivity index (χ0v) is 17.4. The van der Waals surface area contributed by atoms with E-state index >= 15 is 0 Å². The predicted molar refractivity (Wildman–Crippen MR) is 113 cm³/mol. The lowest BCUT2D eigenvalue weighted by molar-refractivity contribution is -0.117. The number of hydrogen-bond donors (Lipinski definition) is 3. The molecule has 10 nitrogen and oxygen atoms in total. The molecule has 0 aliphatic carbocycles. The number of carbonyl (C=O) groups excluding carboxylic acids is 1. The fourth-order valence-electron chi connectivity index (χ4n) is 3.92. The summed E-state index contributed by atoms with van der Waals surface area (Å²) in [6.07, 6.45) is 3.68. The first-order valence-corrected chi connectivity index (χ1v) is 11.4. The van der Waals surface area contributed by atoms with Gasteiger partial charge in [-0.1, -0.05) is 18.2 Å². The molecule has 3 N–H and O–H groups in total. The van der Waals surface area contributed by atoms with Crippen LogP contribution in [0, 0.1) is 0 Å². The Morgan fingerprint density at radius 1 is 1.19 bits per heavy atom. The van der Waals surface area contributed by atoms with Gasteiger partial charge in [-0.05, 0) is 17.7 Å². The summed E-state index contributed by atoms with van der Waals surface area (Å²) in [6, 6.07) is 8.68. The van der Waals surface area contributed by atoms with E-state index in [1.165, 1.54) is 10.5 Å². The molecule has 4 heterocycles. The number of nitrogens with one attached hydrogen (secondary N) is 3. The lowest BCUT2D eigenvalue weighted by atomic mass is 10.2. The minimum atomic E-state index is -3.70. The maximum Gasteiger partial charge on any atom is 0.292 e. The van der Waals surface area contributed by atoms with Crippen molar-refractivity contribution in [2.24, 2.45) is 0 Å². The van der Waals surface area contributed by atoms with E-state index < -0.39 is 22.3 Å². The Morgan fingerprint density at radius 2 is 2.00 bits per heavy atom. The van der Waals surface area contributed by atoms with Crippen LogP contribution in [0.4, 0.5) is 11.4 Å². The van der Waals surface area contributed by atoms with Gasteiger partial charge in [-0.3, -0.25) is 9.78 Å². The number of sulfonamides is 1. The Labute approximate surface area is 179 Å². The highest BCUT2D eigenvalue weighted by atomic mass is 32.2. The number of anilines is 2. The second-order valence-electron chi connectivity index (χ2n) is 7.39. The van der Waals surface area contributed by atoms with Crippen LogP contribution >= 0.6 is 0 Å². The third-order valence-corrected chi connectivity index (χ3v) is 7.36. The number of rotatable bonds is 4. The SMILES string of the molecule is O=C(Nc1cnccc1N1CCNCC1)C1=CNC(N2Cc3ccccc3S2(=O)=O)O1. The maximum absolute atomic E-state index is 12.8. The molecular formula is C20H22N6O4S. The van der Waals surface area contributed by atoms with Crippen molar-refractivity contribution >= 4 is 27.3 Å². The number of amides is 1. The van der Waals surface area contributed by atoms with Crippen LogP contribution in [0.15, 0.2) is 59.6 Å². The number of aromatic nitrogens is 1. The smallest absolute Gasteiger partial charge is 0.292 e. The van der Waals surface area contributed by atoms with Crippen molar-refractivity contribution in [1.82, 2.24) is 19.9 Å². The molecule has 11 heteroatoms. The molecule has 1 unspecified atom stereocenters. The third-order valence-electron chi connectivity index (χ3n) is 5.47. The highest BCUT2D eigenvalue weighted by Crippen LogP contribution is 2.33. The first kappa shape index (κ1) is 19.8. The van der Waals surface area contributed by atoms with Crippen LogP contribution in [0.25, 0.3) is 0 Å². The second-order valence-corrected chi connectivity index (χ2v) is 9.25. The molecule has 2 aromatic rings. The summed E-state index contributed by atoms with van der Waals surface area (Å²) in [5, 5.41) is 8.98. The Morgan fingerprint density at radius 3 is 2.81 bits per heavy atom. The molecule has 0 saturated carbocycles. The van der Waals surface area contributed by atoms with E-state index in [1.807, 2.05) is 6.07 Å². The van der Waals surface area contributed by atoms with Crippen LogP contribution < -0.4 is 20.9 Å². The summed E-state index contributed by atoms with van der Waals surface area (Å²) >= 11 is 0. The van der Waals surface area contributed by atoms with Crippen molar-refractivity contribution in [3.8, 4) is 0 Å². The summed E-state index contributed by atoms with van der Waals surface area (Å²) in [7, 11) is -3.70. The van der Waals surface area contributed by atoms with Crippen molar-refractivity contribution in [3.63, 3.8) is 0 Å². The van der Waals surface area contributed by atoms with Crippen LogP contribution in [-0.4, -0.2) is 56.1 Å². The lowest BCUT2D eigenvalue weighted by Gasteiger charge is -2.30. The first-order chi connectivity index (χ1) is 15.0. The quantitative estimate of drug-likeness (QED) is 0.623. The van der Waals surface area contributed by atoms with Crippen LogP contribution in [-0.2, 0) is 26.1 Å². The van der Waals surface area contributed by atoms with Crippen molar-refractivity contribution in [2.45, 2.75) is 17.8 Å². The second kappa shape index (κ2) is 7.84. The van der Waals surface area contributed by atoms with Gasteiger partial charge in [0.2, 0.25) is 22.1 Å². The molecule has 1 atom stereocenters. The van der Waals surface area contributed by atoms with Gasteiger partial charge in [0.1, 0.15) is 0 Å². The van der Waals surface area contributed by atoms with E-state index in [-0.39, 0.29) is 17.2 Å². The lowest BCUT2D eigenvalue weighted by Crippen LogP contribution is -2.44. The average molecular weight is 443 g/mol. The maximum atomic E-state index is 12.8. The molecule has 1 aromatic heterocycles. The molecule has 0 radical (unpaired) electrons. The molecule has 0 bridgehead atoms. The number of pyridine rings is 1. The highest BCUT2D eigenvalue weighted by molar-refractivity contribution is 7.89.